The van der Waals surface area contributed by atoms with Crippen molar-refractivity contribution in [2.24, 2.45) is 0 Å². The molecule has 0 atom stereocenters. The van der Waals surface area contributed by atoms with Crippen molar-refractivity contribution in [3.05, 3.63) is 48.3 Å². The van der Waals surface area contributed by atoms with Crippen LogP contribution in [-0.4, -0.2) is 31.7 Å². The minimum Gasteiger partial charge on any atom is -0.311 e. The molecule has 0 saturated carbocycles. The van der Waals surface area contributed by atoms with Gasteiger partial charge in [0.2, 0.25) is 0 Å². The molecule has 2 heterocycles. The summed E-state index contributed by atoms with van der Waals surface area (Å²) in [6.07, 6.45) is 5.27. The van der Waals surface area contributed by atoms with Gasteiger partial charge in [-0.25, -0.2) is 9.97 Å². The smallest absolute Gasteiger partial charge is 0.137 e. The number of rotatable bonds is 6. The van der Waals surface area contributed by atoms with Crippen molar-refractivity contribution in [1.29, 1.82) is 0 Å². The van der Waals surface area contributed by atoms with E-state index in [-0.39, 0.29) is 0 Å². The summed E-state index contributed by atoms with van der Waals surface area (Å²) in [4.78, 5) is 13.1. The Morgan fingerprint density at radius 1 is 1.10 bits per heavy atom. The molecule has 6 heteroatoms. The van der Waals surface area contributed by atoms with Crippen molar-refractivity contribution in [2.75, 3.05) is 6.54 Å². The first-order valence-corrected chi connectivity index (χ1v) is 6.67. The largest absolute Gasteiger partial charge is 0.311 e. The maximum atomic E-state index is 4.57. The zero-order valence-electron chi connectivity index (χ0n) is 11.1. The van der Waals surface area contributed by atoms with Crippen LogP contribution in [0.4, 0.5) is 0 Å². The maximum Gasteiger partial charge on any atom is 0.137 e. The van der Waals surface area contributed by atoms with Crippen LogP contribution in [0.5, 0.6) is 0 Å². The molecule has 2 N–H and O–H groups in total. The Hall–Kier alpha value is -2.34. The molecule has 1 aromatic carbocycles. The zero-order valence-corrected chi connectivity index (χ0v) is 11.1. The van der Waals surface area contributed by atoms with Gasteiger partial charge in [-0.05, 0) is 25.1 Å². The van der Waals surface area contributed by atoms with Gasteiger partial charge in [0.25, 0.3) is 0 Å². The first-order valence-electron chi connectivity index (χ1n) is 6.67. The van der Waals surface area contributed by atoms with Gasteiger partial charge in [0.15, 0.2) is 0 Å². The van der Waals surface area contributed by atoms with Crippen molar-refractivity contribution in [3.8, 4) is 0 Å². The predicted molar refractivity (Wildman–Crippen MR) is 75.9 cm³/mol. The lowest BCUT2D eigenvalue weighted by molar-refractivity contribution is 0.632. The lowest BCUT2D eigenvalue weighted by Crippen LogP contribution is -2.16. The number of hydrogen-bond acceptors (Lipinski definition) is 5. The summed E-state index contributed by atoms with van der Waals surface area (Å²) in [5.41, 5.74) is 2.83. The summed E-state index contributed by atoms with van der Waals surface area (Å²) < 4.78 is 0. The topological polar surface area (TPSA) is 79.4 Å². The minimum absolute atomic E-state index is 0.730. The number of para-hydroxylation sites is 2. The highest BCUT2D eigenvalue weighted by Gasteiger charge is 1.99. The average molecular weight is 268 g/mol. The van der Waals surface area contributed by atoms with Crippen LogP contribution in [0.25, 0.3) is 11.0 Å². The number of nitrogens with one attached hydrogen (secondary N) is 2. The number of benzene rings is 1. The van der Waals surface area contributed by atoms with Gasteiger partial charge in [-0.15, -0.1) is 0 Å². The van der Waals surface area contributed by atoms with Crippen LogP contribution in [0.15, 0.2) is 36.8 Å². The molecule has 3 aromatic rings. The number of aryl methyl sites for hydroxylation is 1. The second kappa shape index (κ2) is 6.21. The SMILES string of the molecule is c1ccc2nc(CNCCCc3ncn[nH]3)cnc2c1. The van der Waals surface area contributed by atoms with Gasteiger partial charge < -0.3 is 5.32 Å². The Morgan fingerprint density at radius 3 is 2.85 bits per heavy atom. The molecular formula is C14H16N6. The molecule has 0 aliphatic carbocycles. The summed E-state index contributed by atoms with van der Waals surface area (Å²) in [6, 6.07) is 7.90. The van der Waals surface area contributed by atoms with Crippen molar-refractivity contribution in [2.45, 2.75) is 19.4 Å². The van der Waals surface area contributed by atoms with Gasteiger partial charge in [0.05, 0.1) is 22.9 Å². The van der Waals surface area contributed by atoms with Crippen LogP contribution < -0.4 is 5.32 Å². The molecule has 0 aliphatic heterocycles. The first kappa shape index (κ1) is 12.7. The van der Waals surface area contributed by atoms with Gasteiger partial charge in [-0.3, -0.25) is 10.1 Å². The number of aromatic nitrogens is 5. The van der Waals surface area contributed by atoms with Gasteiger partial charge in [-0.2, -0.15) is 5.10 Å². The highest BCUT2D eigenvalue weighted by Crippen LogP contribution is 2.08. The molecule has 2 aromatic heterocycles. The summed E-state index contributed by atoms with van der Waals surface area (Å²) in [6.45, 7) is 1.64. The van der Waals surface area contributed by atoms with E-state index in [0.717, 1.165) is 48.5 Å². The lowest BCUT2D eigenvalue weighted by atomic mass is 10.3. The van der Waals surface area contributed by atoms with E-state index >= 15 is 0 Å². The second-order valence-electron chi connectivity index (χ2n) is 4.56. The van der Waals surface area contributed by atoms with Crippen molar-refractivity contribution < 1.29 is 0 Å². The average Bonchev–Trinajstić information content (AvgIpc) is 3.00. The molecular weight excluding hydrogens is 252 g/mol. The third-order valence-electron chi connectivity index (χ3n) is 3.04. The van der Waals surface area contributed by atoms with E-state index < -0.39 is 0 Å². The van der Waals surface area contributed by atoms with Gasteiger partial charge in [-0.1, -0.05) is 12.1 Å². The third-order valence-corrected chi connectivity index (χ3v) is 3.04. The number of fused-ring (bicyclic) bond motifs is 1. The maximum absolute atomic E-state index is 4.57. The van der Waals surface area contributed by atoms with E-state index in [9.17, 15) is 0 Å². The first-order chi connectivity index (χ1) is 9.92. The van der Waals surface area contributed by atoms with Crippen LogP contribution in [0, 0.1) is 0 Å². The predicted octanol–water partition coefficient (Wildman–Crippen LogP) is 1.47. The van der Waals surface area contributed by atoms with E-state index in [2.05, 4.69) is 30.5 Å². The van der Waals surface area contributed by atoms with E-state index in [0.29, 0.717) is 0 Å². The number of nitrogens with zero attached hydrogens (tertiary/aromatic N) is 4. The number of aromatic amines is 1. The third kappa shape index (κ3) is 3.16. The fourth-order valence-corrected chi connectivity index (χ4v) is 2.03. The molecule has 0 amide bonds. The van der Waals surface area contributed by atoms with Crippen LogP contribution in [0.2, 0.25) is 0 Å². The van der Waals surface area contributed by atoms with Crippen LogP contribution in [0.1, 0.15) is 17.9 Å². The molecule has 0 radical (unpaired) electrons. The Morgan fingerprint density at radius 2 is 2.00 bits per heavy atom. The normalized spacial score (nSPS) is 11.0. The molecule has 102 valence electrons. The van der Waals surface area contributed by atoms with Crippen LogP contribution in [0.3, 0.4) is 0 Å². The number of hydrogen-bond donors (Lipinski definition) is 2. The Labute approximate surface area is 116 Å². The molecule has 0 spiro atoms. The molecule has 0 bridgehead atoms. The summed E-state index contributed by atoms with van der Waals surface area (Å²) >= 11 is 0. The Kier molecular flexibility index (Phi) is 3.93. The molecule has 0 fully saturated rings. The molecule has 6 nitrogen and oxygen atoms in total. The molecule has 0 saturated heterocycles. The van der Waals surface area contributed by atoms with Crippen molar-refractivity contribution in [3.63, 3.8) is 0 Å². The lowest BCUT2D eigenvalue weighted by Gasteiger charge is -2.04. The van der Waals surface area contributed by atoms with Gasteiger partial charge in [0.1, 0.15) is 12.2 Å². The van der Waals surface area contributed by atoms with E-state index in [1.807, 2.05) is 30.5 Å². The molecule has 0 unspecified atom stereocenters. The van der Waals surface area contributed by atoms with Crippen LogP contribution in [-0.2, 0) is 13.0 Å². The number of H-pyrrole nitrogens is 1. The minimum atomic E-state index is 0.730. The van der Waals surface area contributed by atoms with E-state index in [1.54, 1.807) is 0 Å². The standard InChI is InChI=1S/C14H16N6/c1-2-5-13-12(4-1)16-9-11(19-13)8-15-7-3-6-14-17-10-18-20-14/h1-2,4-5,9-10,15H,3,6-8H2,(H,17,18,20). The van der Waals surface area contributed by atoms with Gasteiger partial charge >= 0.3 is 0 Å². The summed E-state index contributed by atoms with van der Waals surface area (Å²) in [5, 5.41) is 10.0. The molecule has 0 aliphatic rings. The summed E-state index contributed by atoms with van der Waals surface area (Å²) in [5.74, 6) is 0.928. The highest BCUT2D eigenvalue weighted by atomic mass is 15.2. The van der Waals surface area contributed by atoms with Crippen molar-refractivity contribution in [1.82, 2.24) is 30.5 Å². The fraction of sp³-hybridized carbons (Fsp3) is 0.286. The van der Waals surface area contributed by atoms with Gasteiger partial charge in [0, 0.05) is 13.0 Å². The monoisotopic (exact) mass is 268 g/mol. The van der Waals surface area contributed by atoms with E-state index in [1.165, 1.54) is 6.33 Å². The van der Waals surface area contributed by atoms with Crippen molar-refractivity contribution >= 4 is 11.0 Å². The van der Waals surface area contributed by atoms with Crippen LogP contribution >= 0.6 is 0 Å². The summed E-state index contributed by atoms with van der Waals surface area (Å²) in [7, 11) is 0. The quantitative estimate of drug-likeness (QED) is 0.662. The zero-order chi connectivity index (χ0) is 13.6. The second-order valence-corrected chi connectivity index (χ2v) is 4.56. The highest BCUT2D eigenvalue weighted by molar-refractivity contribution is 5.73. The fourth-order valence-electron chi connectivity index (χ4n) is 2.03. The molecule has 3 rings (SSSR count). The Bertz CT molecular complexity index is 664. The Balaban J connectivity index is 1.47. The van der Waals surface area contributed by atoms with E-state index in [4.69, 9.17) is 0 Å². The molecule has 20 heavy (non-hydrogen) atoms.